The minimum atomic E-state index is -0.586. The molecular weight excluding hydrogens is 412 g/mol. The van der Waals surface area contributed by atoms with E-state index in [1.807, 2.05) is 42.5 Å². The molecule has 0 saturated carbocycles. The Morgan fingerprint density at radius 2 is 1.97 bits per heavy atom. The maximum atomic E-state index is 13.8. The zero-order valence-corrected chi connectivity index (χ0v) is 18.4. The number of H-pyrrole nitrogens is 1. The lowest BCUT2D eigenvalue weighted by atomic mass is 9.73. The van der Waals surface area contributed by atoms with E-state index in [1.165, 1.54) is 5.56 Å². The van der Waals surface area contributed by atoms with Crippen molar-refractivity contribution >= 4 is 28.4 Å². The predicted molar refractivity (Wildman–Crippen MR) is 122 cm³/mol. The summed E-state index contributed by atoms with van der Waals surface area (Å²) in [6, 6.07) is 13.8. The fourth-order valence-corrected chi connectivity index (χ4v) is 5.32. The summed E-state index contributed by atoms with van der Waals surface area (Å²) in [5.74, 6) is 0.871. The van der Waals surface area contributed by atoms with E-state index in [-0.39, 0.29) is 11.9 Å². The number of benzene rings is 2. The number of halogens is 1. The molecule has 1 saturated heterocycles. The molecule has 2 heterocycles. The van der Waals surface area contributed by atoms with Crippen LogP contribution in [0.25, 0.3) is 10.9 Å². The highest BCUT2D eigenvalue weighted by atomic mass is 35.5. The molecule has 1 fully saturated rings. The molecule has 3 aromatic rings. The number of carbonyl (C=O) groups excluding carboxylic acids is 1. The monoisotopic (exact) mass is 438 g/mol. The van der Waals surface area contributed by atoms with Crippen LogP contribution in [0.5, 0.6) is 5.75 Å². The number of nitrogens with one attached hydrogen (secondary N) is 2. The van der Waals surface area contributed by atoms with Crippen molar-refractivity contribution in [2.75, 3.05) is 20.3 Å². The number of carbonyl (C=O) groups is 1. The molecule has 0 bridgehead atoms. The van der Waals surface area contributed by atoms with Crippen LogP contribution in [0.3, 0.4) is 0 Å². The average Bonchev–Trinajstić information content (AvgIpc) is 3.18. The highest BCUT2D eigenvalue weighted by Crippen LogP contribution is 2.39. The van der Waals surface area contributed by atoms with Gasteiger partial charge in [-0.15, -0.1) is 0 Å². The van der Waals surface area contributed by atoms with Gasteiger partial charge in [0.1, 0.15) is 5.75 Å². The number of hydrogen-bond donors (Lipinski definition) is 2. The van der Waals surface area contributed by atoms with Gasteiger partial charge in [-0.2, -0.15) is 0 Å². The molecule has 1 atom stereocenters. The molecule has 0 spiro atoms. The molecule has 31 heavy (non-hydrogen) atoms. The minimum absolute atomic E-state index is 0.0274. The van der Waals surface area contributed by atoms with Crippen LogP contribution in [-0.2, 0) is 21.4 Å². The number of rotatable bonds is 4. The summed E-state index contributed by atoms with van der Waals surface area (Å²) in [4.78, 5) is 17.3. The zero-order chi connectivity index (χ0) is 21.4. The SMILES string of the molecule is COc1ccc(C2(C(=O)N[C@H]3CCCc4c3[nH]c3ccc(Cl)cc43)CCOCC2)cc1. The van der Waals surface area contributed by atoms with Crippen molar-refractivity contribution < 1.29 is 14.3 Å². The van der Waals surface area contributed by atoms with Gasteiger partial charge in [0, 0.05) is 34.8 Å². The molecule has 2 aliphatic rings. The molecule has 6 heteroatoms. The lowest BCUT2D eigenvalue weighted by molar-refractivity contribution is -0.131. The number of aryl methyl sites for hydroxylation is 1. The highest BCUT2D eigenvalue weighted by molar-refractivity contribution is 6.31. The molecule has 5 nitrogen and oxygen atoms in total. The second-order valence-electron chi connectivity index (χ2n) is 8.55. The normalized spacial score (nSPS) is 20.3. The number of methoxy groups -OCH3 is 1. The Morgan fingerprint density at radius 1 is 1.19 bits per heavy atom. The Morgan fingerprint density at radius 3 is 2.71 bits per heavy atom. The minimum Gasteiger partial charge on any atom is -0.497 e. The number of amides is 1. The first-order valence-corrected chi connectivity index (χ1v) is 11.3. The standard InChI is InChI=1S/C25H27ClN2O3/c1-30-18-8-5-16(6-9-18)25(11-13-31-14-12-25)24(29)28-22-4-2-3-19-20-15-17(26)7-10-21(20)27-23(19)22/h5-10,15,22,27H,2-4,11-14H2,1H3,(H,28,29)/t22-/m0/s1. The van der Waals surface area contributed by atoms with Crippen LogP contribution in [0, 0.1) is 0 Å². The van der Waals surface area contributed by atoms with Crippen molar-refractivity contribution in [2.45, 2.75) is 43.6 Å². The zero-order valence-electron chi connectivity index (χ0n) is 17.7. The van der Waals surface area contributed by atoms with Crippen molar-refractivity contribution in [1.29, 1.82) is 0 Å². The smallest absolute Gasteiger partial charge is 0.231 e. The molecular formula is C25H27ClN2O3. The van der Waals surface area contributed by atoms with Crippen LogP contribution in [-0.4, -0.2) is 31.2 Å². The molecule has 5 rings (SSSR count). The maximum Gasteiger partial charge on any atom is 0.231 e. The van der Waals surface area contributed by atoms with Gasteiger partial charge in [-0.25, -0.2) is 0 Å². The number of ether oxygens (including phenoxy) is 2. The van der Waals surface area contributed by atoms with Crippen molar-refractivity contribution in [3.63, 3.8) is 0 Å². The Balaban J connectivity index is 1.47. The third kappa shape index (κ3) is 3.60. The summed E-state index contributed by atoms with van der Waals surface area (Å²) in [7, 11) is 1.65. The van der Waals surface area contributed by atoms with Gasteiger partial charge < -0.3 is 19.8 Å². The summed E-state index contributed by atoms with van der Waals surface area (Å²) in [6.07, 6.45) is 4.31. The van der Waals surface area contributed by atoms with Crippen LogP contribution >= 0.6 is 11.6 Å². The van der Waals surface area contributed by atoms with Crippen molar-refractivity contribution in [2.24, 2.45) is 0 Å². The van der Waals surface area contributed by atoms with E-state index in [0.29, 0.717) is 26.1 Å². The Kier molecular flexibility index (Phi) is 5.40. The summed E-state index contributed by atoms with van der Waals surface area (Å²) in [5, 5.41) is 5.30. The van der Waals surface area contributed by atoms with Crippen molar-refractivity contribution in [1.82, 2.24) is 10.3 Å². The van der Waals surface area contributed by atoms with Gasteiger partial charge in [-0.1, -0.05) is 23.7 Å². The fourth-order valence-electron chi connectivity index (χ4n) is 5.15. The number of fused-ring (bicyclic) bond motifs is 3. The van der Waals surface area contributed by atoms with E-state index in [4.69, 9.17) is 21.1 Å². The largest absolute Gasteiger partial charge is 0.497 e. The summed E-state index contributed by atoms with van der Waals surface area (Å²) >= 11 is 6.24. The van der Waals surface area contributed by atoms with Gasteiger partial charge in [0.2, 0.25) is 5.91 Å². The second-order valence-corrected chi connectivity index (χ2v) is 8.98. The topological polar surface area (TPSA) is 63.3 Å². The molecule has 1 aromatic heterocycles. The van der Waals surface area contributed by atoms with E-state index >= 15 is 0 Å². The first kappa shape index (κ1) is 20.4. The first-order valence-electron chi connectivity index (χ1n) is 10.9. The molecule has 1 amide bonds. The lowest BCUT2D eigenvalue weighted by Crippen LogP contribution is -2.49. The van der Waals surface area contributed by atoms with Gasteiger partial charge >= 0.3 is 0 Å². The van der Waals surface area contributed by atoms with Gasteiger partial charge in [-0.3, -0.25) is 4.79 Å². The van der Waals surface area contributed by atoms with Crippen LogP contribution in [0.4, 0.5) is 0 Å². The Labute approximate surface area is 187 Å². The molecule has 1 aliphatic heterocycles. The van der Waals surface area contributed by atoms with E-state index in [1.54, 1.807) is 7.11 Å². The molecule has 0 radical (unpaired) electrons. The quantitative estimate of drug-likeness (QED) is 0.597. The lowest BCUT2D eigenvalue weighted by Gasteiger charge is -2.38. The fraction of sp³-hybridized carbons (Fsp3) is 0.400. The van der Waals surface area contributed by atoms with E-state index in [0.717, 1.165) is 52.2 Å². The van der Waals surface area contributed by atoms with Gasteiger partial charge in [-0.05, 0) is 73.6 Å². The molecule has 1 aliphatic carbocycles. The number of hydrogen-bond acceptors (Lipinski definition) is 3. The van der Waals surface area contributed by atoms with Gasteiger partial charge in [0.05, 0.1) is 18.6 Å². The van der Waals surface area contributed by atoms with Crippen molar-refractivity contribution in [3.8, 4) is 5.75 Å². The predicted octanol–water partition coefficient (Wildman–Crippen LogP) is 5.07. The highest BCUT2D eigenvalue weighted by Gasteiger charge is 2.43. The molecule has 2 aromatic carbocycles. The second kappa shape index (κ2) is 8.21. The maximum absolute atomic E-state index is 13.8. The van der Waals surface area contributed by atoms with Crippen LogP contribution in [0.1, 0.15) is 48.5 Å². The van der Waals surface area contributed by atoms with Crippen LogP contribution in [0.15, 0.2) is 42.5 Å². The summed E-state index contributed by atoms with van der Waals surface area (Å²) in [6.45, 7) is 1.17. The Bertz CT molecular complexity index is 1100. The summed E-state index contributed by atoms with van der Waals surface area (Å²) < 4.78 is 10.9. The van der Waals surface area contributed by atoms with Gasteiger partial charge in [0.25, 0.3) is 0 Å². The Hall–Kier alpha value is -2.50. The molecule has 162 valence electrons. The van der Waals surface area contributed by atoms with E-state index in [2.05, 4.69) is 10.3 Å². The van der Waals surface area contributed by atoms with E-state index < -0.39 is 5.41 Å². The molecule has 0 unspecified atom stereocenters. The summed E-state index contributed by atoms with van der Waals surface area (Å²) in [5.41, 5.74) is 3.91. The van der Waals surface area contributed by atoms with Crippen molar-refractivity contribution in [3.05, 3.63) is 64.3 Å². The average molecular weight is 439 g/mol. The number of aromatic amines is 1. The van der Waals surface area contributed by atoms with Crippen LogP contribution < -0.4 is 10.1 Å². The third-order valence-electron chi connectivity index (χ3n) is 6.90. The molecule has 2 N–H and O–H groups in total. The number of aromatic nitrogens is 1. The first-order chi connectivity index (χ1) is 15.1. The van der Waals surface area contributed by atoms with Crippen LogP contribution in [0.2, 0.25) is 5.02 Å². The van der Waals surface area contributed by atoms with E-state index in [9.17, 15) is 4.79 Å². The third-order valence-corrected chi connectivity index (χ3v) is 7.13. The van der Waals surface area contributed by atoms with Gasteiger partial charge in [0.15, 0.2) is 0 Å².